The first-order valence-electron chi connectivity index (χ1n) is 13.6. The van der Waals surface area contributed by atoms with Gasteiger partial charge in [0.05, 0.1) is 0 Å². The SMILES string of the molecule is SN(C(c1ccccc1)(c1ccccc1)c1ccccc1)C(c1ccccc1)(c1ccccc1)c1ccccc1. The van der Waals surface area contributed by atoms with Crippen molar-refractivity contribution in [2.75, 3.05) is 0 Å². The van der Waals surface area contributed by atoms with Gasteiger partial charge in [0.15, 0.2) is 0 Å². The second-order valence-electron chi connectivity index (χ2n) is 9.93. The summed E-state index contributed by atoms with van der Waals surface area (Å²) in [6.07, 6.45) is 0. The predicted octanol–water partition coefficient (Wildman–Crippen LogP) is 9.12. The number of thiol groups is 1. The molecule has 0 radical (unpaired) electrons. The molecule has 0 N–H and O–H groups in total. The van der Waals surface area contributed by atoms with Crippen LogP contribution in [0, 0.1) is 0 Å². The van der Waals surface area contributed by atoms with E-state index < -0.39 is 11.1 Å². The normalized spacial score (nSPS) is 11.8. The highest BCUT2D eigenvalue weighted by atomic mass is 32.1. The van der Waals surface area contributed by atoms with Crippen molar-refractivity contribution in [3.8, 4) is 0 Å². The van der Waals surface area contributed by atoms with Crippen molar-refractivity contribution < 1.29 is 0 Å². The fourth-order valence-corrected chi connectivity index (χ4v) is 6.75. The number of hydrogen-bond donors (Lipinski definition) is 1. The third-order valence-electron chi connectivity index (χ3n) is 7.78. The van der Waals surface area contributed by atoms with Gasteiger partial charge >= 0.3 is 0 Å². The molecule has 0 fully saturated rings. The quantitative estimate of drug-likeness (QED) is 0.151. The Kier molecular flexibility index (Phi) is 7.37. The molecule has 0 heterocycles. The molecule has 6 aromatic carbocycles. The number of benzene rings is 6. The first-order chi connectivity index (χ1) is 19.8. The molecular formula is C38H31NS. The van der Waals surface area contributed by atoms with Gasteiger partial charge in [-0.2, -0.15) is 0 Å². The Morgan fingerprint density at radius 3 is 0.575 bits per heavy atom. The van der Waals surface area contributed by atoms with Crippen LogP contribution in [0.2, 0.25) is 0 Å². The maximum absolute atomic E-state index is 5.69. The molecule has 2 heteroatoms. The summed E-state index contributed by atoms with van der Waals surface area (Å²) in [6.45, 7) is 0. The highest BCUT2D eigenvalue weighted by molar-refractivity contribution is 7.77. The van der Waals surface area contributed by atoms with Crippen molar-refractivity contribution in [2.45, 2.75) is 11.1 Å². The van der Waals surface area contributed by atoms with Crippen molar-refractivity contribution in [1.82, 2.24) is 4.31 Å². The molecule has 6 aromatic rings. The second-order valence-corrected chi connectivity index (χ2v) is 10.3. The monoisotopic (exact) mass is 533 g/mol. The third-order valence-corrected chi connectivity index (χ3v) is 8.38. The fraction of sp³-hybridized carbons (Fsp3) is 0.0526. The number of rotatable bonds is 8. The van der Waals surface area contributed by atoms with E-state index in [-0.39, 0.29) is 0 Å². The molecule has 1 nitrogen and oxygen atoms in total. The molecule has 194 valence electrons. The lowest BCUT2D eigenvalue weighted by Gasteiger charge is -2.53. The average molecular weight is 534 g/mol. The van der Waals surface area contributed by atoms with E-state index in [0.29, 0.717) is 0 Å². The summed E-state index contributed by atoms with van der Waals surface area (Å²) in [5.74, 6) is 0. The topological polar surface area (TPSA) is 3.24 Å². The Hall–Kier alpha value is -4.37. The van der Waals surface area contributed by atoms with Gasteiger partial charge in [-0.05, 0) is 33.4 Å². The summed E-state index contributed by atoms with van der Waals surface area (Å²) < 4.78 is 2.29. The molecular weight excluding hydrogens is 502 g/mol. The van der Waals surface area contributed by atoms with Crippen molar-refractivity contribution in [3.63, 3.8) is 0 Å². The Labute approximate surface area is 242 Å². The van der Waals surface area contributed by atoms with Gasteiger partial charge in [0.1, 0.15) is 11.1 Å². The lowest BCUT2D eigenvalue weighted by atomic mass is 9.70. The van der Waals surface area contributed by atoms with Crippen molar-refractivity contribution in [3.05, 3.63) is 215 Å². The Morgan fingerprint density at radius 1 is 0.275 bits per heavy atom. The minimum absolute atomic E-state index is 0.769. The summed E-state index contributed by atoms with van der Waals surface area (Å²) in [5.41, 5.74) is 5.26. The van der Waals surface area contributed by atoms with Gasteiger partial charge in [0.2, 0.25) is 0 Å². The van der Waals surface area contributed by atoms with Crippen molar-refractivity contribution in [1.29, 1.82) is 0 Å². The van der Waals surface area contributed by atoms with E-state index in [1.165, 1.54) is 0 Å². The fourth-order valence-electron chi connectivity index (χ4n) is 6.06. The summed E-state index contributed by atoms with van der Waals surface area (Å²) >= 11 is 5.69. The third kappa shape index (κ3) is 4.26. The summed E-state index contributed by atoms with van der Waals surface area (Å²) in [5, 5.41) is 0. The Bertz CT molecular complexity index is 1300. The Balaban J connectivity index is 1.81. The van der Waals surface area contributed by atoms with Crippen molar-refractivity contribution in [2.24, 2.45) is 0 Å². The molecule has 6 rings (SSSR count). The van der Waals surface area contributed by atoms with Crippen LogP contribution in [0.4, 0.5) is 0 Å². The van der Waals surface area contributed by atoms with Crippen LogP contribution < -0.4 is 0 Å². The predicted molar refractivity (Wildman–Crippen MR) is 169 cm³/mol. The lowest BCUT2D eigenvalue weighted by Crippen LogP contribution is -2.55. The van der Waals surface area contributed by atoms with Gasteiger partial charge in [-0.1, -0.05) is 195 Å². The number of hydrogen-bond acceptors (Lipinski definition) is 2. The van der Waals surface area contributed by atoms with Crippen LogP contribution >= 0.6 is 12.8 Å². The van der Waals surface area contributed by atoms with Gasteiger partial charge in [-0.3, -0.25) is 0 Å². The first kappa shape index (κ1) is 25.9. The van der Waals surface area contributed by atoms with E-state index in [1.807, 2.05) is 0 Å². The summed E-state index contributed by atoms with van der Waals surface area (Å²) in [6, 6.07) is 64.5. The van der Waals surface area contributed by atoms with Crippen LogP contribution in [0.3, 0.4) is 0 Å². The van der Waals surface area contributed by atoms with E-state index in [2.05, 4.69) is 186 Å². The second kappa shape index (κ2) is 11.4. The largest absolute Gasteiger partial charge is 0.215 e. The average Bonchev–Trinajstić information content (AvgIpc) is 3.05. The zero-order valence-electron chi connectivity index (χ0n) is 22.2. The molecule has 0 aliphatic carbocycles. The maximum atomic E-state index is 5.69. The molecule has 0 saturated carbocycles. The Morgan fingerprint density at radius 2 is 0.425 bits per heavy atom. The molecule has 0 amide bonds. The maximum Gasteiger partial charge on any atom is 0.108 e. The zero-order valence-corrected chi connectivity index (χ0v) is 23.1. The summed E-state index contributed by atoms with van der Waals surface area (Å²) in [4.78, 5) is 0. The van der Waals surface area contributed by atoms with E-state index >= 15 is 0 Å². The van der Waals surface area contributed by atoms with Crippen LogP contribution in [-0.2, 0) is 11.1 Å². The van der Waals surface area contributed by atoms with Gasteiger partial charge in [-0.15, -0.1) is 0 Å². The van der Waals surface area contributed by atoms with Crippen molar-refractivity contribution >= 4 is 12.8 Å². The van der Waals surface area contributed by atoms with E-state index in [0.717, 1.165) is 33.4 Å². The molecule has 0 aliphatic rings. The smallest absolute Gasteiger partial charge is 0.108 e. The standard InChI is InChI=1S/C38H31NS/c40-39(37(31-19-7-1-8-20-31,32-21-9-2-10-22-32)33-23-11-3-12-24-33)38(34-25-13-4-14-26-34,35-27-15-5-16-28-35)36-29-17-6-18-30-36/h1-30,40H. The minimum Gasteiger partial charge on any atom is -0.215 e. The van der Waals surface area contributed by atoms with Gasteiger partial charge < -0.3 is 0 Å². The van der Waals surface area contributed by atoms with Gasteiger partial charge in [0, 0.05) is 0 Å². The van der Waals surface area contributed by atoms with Crippen LogP contribution in [0.5, 0.6) is 0 Å². The number of nitrogens with zero attached hydrogens (tertiary/aromatic N) is 1. The molecule has 0 unspecified atom stereocenters. The molecule has 0 aliphatic heterocycles. The van der Waals surface area contributed by atoms with E-state index in [1.54, 1.807) is 0 Å². The first-order valence-corrected chi connectivity index (χ1v) is 14.0. The molecule has 0 atom stereocenters. The molecule has 0 aromatic heterocycles. The molecule has 0 bridgehead atoms. The van der Waals surface area contributed by atoms with Gasteiger partial charge in [-0.25, -0.2) is 4.31 Å². The highest BCUT2D eigenvalue weighted by Crippen LogP contribution is 2.54. The van der Waals surface area contributed by atoms with E-state index in [9.17, 15) is 0 Å². The zero-order chi connectivity index (χ0) is 27.3. The van der Waals surface area contributed by atoms with Crippen LogP contribution in [0.1, 0.15) is 33.4 Å². The van der Waals surface area contributed by atoms with E-state index in [4.69, 9.17) is 12.8 Å². The lowest BCUT2D eigenvalue weighted by molar-refractivity contribution is 0.199. The molecule has 40 heavy (non-hydrogen) atoms. The molecule has 0 saturated heterocycles. The van der Waals surface area contributed by atoms with Gasteiger partial charge in [0.25, 0.3) is 0 Å². The van der Waals surface area contributed by atoms with Crippen LogP contribution in [0.15, 0.2) is 182 Å². The highest BCUT2D eigenvalue weighted by Gasteiger charge is 2.53. The summed E-state index contributed by atoms with van der Waals surface area (Å²) in [7, 11) is 0. The van der Waals surface area contributed by atoms with Crippen LogP contribution in [0.25, 0.3) is 0 Å². The minimum atomic E-state index is -0.769. The van der Waals surface area contributed by atoms with Crippen LogP contribution in [-0.4, -0.2) is 4.31 Å². The molecule has 0 spiro atoms.